The summed E-state index contributed by atoms with van der Waals surface area (Å²) in [7, 11) is -3.12. The van der Waals surface area contributed by atoms with Crippen LogP contribution in [0, 0.1) is 0 Å². The lowest BCUT2D eigenvalue weighted by Crippen LogP contribution is -2.39. The van der Waals surface area contributed by atoms with E-state index < -0.39 is 10.0 Å². The second-order valence-corrected chi connectivity index (χ2v) is 6.91. The molecule has 2 aliphatic heterocycles. The molecule has 2 heterocycles. The average Bonchev–Trinajstić information content (AvgIpc) is 2.91. The predicted molar refractivity (Wildman–Crippen MR) is 70.1 cm³/mol. The third-order valence-corrected chi connectivity index (χ3v) is 5.40. The minimum Gasteiger partial charge on any atom is -0.379 e. The van der Waals surface area contributed by atoms with Crippen LogP contribution in [0.2, 0.25) is 0 Å². The normalized spacial score (nSPS) is 26.6. The summed E-state index contributed by atoms with van der Waals surface area (Å²) in [6, 6.07) is 0. The molecule has 2 saturated heterocycles. The van der Waals surface area contributed by atoms with Crippen molar-refractivity contribution in [1.82, 2.24) is 14.9 Å². The minimum atomic E-state index is -3.12. The van der Waals surface area contributed by atoms with Crippen molar-refractivity contribution in [1.29, 1.82) is 0 Å². The molecule has 6 nitrogen and oxygen atoms in total. The van der Waals surface area contributed by atoms with Crippen LogP contribution < -0.4 is 10.0 Å². The van der Waals surface area contributed by atoms with Gasteiger partial charge >= 0.3 is 0 Å². The number of nitrogens with zero attached hydrogens (tertiary/aromatic N) is 1. The van der Waals surface area contributed by atoms with E-state index in [2.05, 4.69) is 14.9 Å². The Kier molecular flexibility index (Phi) is 5.38. The van der Waals surface area contributed by atoms with Gasteiger partial charge in [-0.2, -0.15) is 0 Å². The van der Waals surface area contributed by atoms with Gasteiger partial charge in [-0.25, -0.2) is 13.1 Å². The van der Waals surface area contributed by atoms with Crippen molar-refractivity contribution in [2.24, 2.45) is 0 Å². The maximum Gasteiger partial charge on any atom is 0.215 e. The van der Waals surface area contributed by atoms with Crippen LogP contribution in [0.15, 0.2) is 0 Å². The van der Waals surface area contributed by atoms with Gasteiger partial charge in [-0.05, 0) is 25.9 Å². The van der Waals surface area contributed by atoms with E-state index in [1.807, 2.05) is 0 Å². The monoisotopic (exact) mass is 277 g/mol. The quantitative estimate of drug-likeness (QED) is 0.609. The van der Waals surface area contributed by atoms with Crippen LogP contribution in [0.3, 0.4) is 0 Å². The van der Waals surface area contributed by atoms with Gasteiger partial charge < -0.3 is 10.1 Å². The predicted octanol–water partition coefficient (Wildman–Crippen LogP) is -1.01. The Bertz CT molecular complexity index is 335. The number of morpholine rings is 1. The first-order valence-corrected chi connectivity index (χ1v) is 8.22. The van der Waals surface area contributed by atoms with E-state index >= 15 is 0 Å². The number of hydrogen-bond acceptors (Lipinski definition) is 5. The Labute approximate surface area is 109 Å². The Morgan fingerprint density at radius 1 is 1.33 bits per heavy atom. The molecule has 1 atom stereocenters. The van der Waals surface area contributed by atoms with Crippen molar-refractivity contribution in [3.8, 4) is 0 Å². The zero-order chi connectivity index (χ0) is 12.8. The maximum atomic E-state index is 11.9. The first kappa shape index (κ1) is 14.2. The van der Waals surface area contributed by atoms with E-state index in [0.717, 1.165) is 52.2 Å². The summed E-state index contributed by atoms with van der Waals surface area (Å²) >= 11 is 0. The highest BCUT2D eigenvalue weighted by Gasteiger charge is 2.27. The fraction of sp³-hybridized carbons (Fsp3) is 1.00. The molecule has 1 unspecified atom stereocenters. The van der Waals surface area contributed by atoms with E-state index in [0.29, 0.717) is 13.1 Å². The molecular weight excluding hydrogens is 254 g/mol. The molecule has 0 spiro atoms. The lowest BCUT2D eigenvalue weighted by Gasteiger charge is -2.26. The fourth-order valence-electron chi connectivity index (χ4n) is 2.35. The molecule has 0 bridgehead atoms. The van der Waals surface area contributed by atoms with Crippen molar-refractivity contribution in [2.75, 3.05) is 52.5 Å². The largest absolute Gasteiger partial charge is 0.379 e. The number of hydrogen-bond donors (Lipinski definition) is 2. The molecule has 2 fully saturated rings. The fourth-order valence-corrected chi connectivity index (χ4v) is 3.78. The molecule has 2 N–H and O–H groups in total. The number of nitrogens with one attached hydrogen (secondary N) is 2. The van der Waals surface area contributed by atoms with Gasteiger partial charge in [-0.3, -0.25) is 4.90 Å². The van der Waals surface area contributed by atoms with Crippen LogP contribution in [0.4, 0.5) is 0 Å². The highest BCUT2D eigenvalue weighted by molar-refractivity contribution is 7.90. The highest BCUT2D eigenvalue weighted by Crippen LogP contribution is 2.08. The topological polar surface area (TPSA) is 70.7 Å². The van der Waals surface area contributed by atoms with Crippen LogP contribution in [-0.2, 0) is 14.8 Å². The van der Waals surface area contributed by atoms with Crippen molar-refractivity contribution in [2.45, 2.75) is 18.1 Å². The van der Waals surface area contributed by atoms with Gasteiger partial charge in [0.2, 0.25) is 10.0 Å². The smallest absolute Gasteiger partial charge is 0.215 e. The van der Waals surface area contributed by atoms with Crippen LogP contribution in [0.1, 0.15) is 12.8 Å². The van der Waals surface area contributed by atoms with E-state index in [1.54, 1.807) is 0 Å². The molecule has 2 rings (SSSR count). The zero-order valence-electron chi connectivity index (χ0n) is 10.7. The Hall–Kier alpha value is -0.210. The molecule has 18 heavy (non-hydrogen) atoms. The molecule has 0 amide bonds. The van der Waals surface area contributed by atoms with Gasteiger partial charge in [0, 0.05) is 26.2 Å². The summed E-state index contributed by atoms with van der Waals surface area (Å²) in [5.74, 6) is 0. The van der Waals surface area contributed by atoms with Crippen molar-refractivity contribution >= 4 is 10.0 Å². The summed E-state index contributed by atoms with van der Waals surface area (Å²) in [6.45, 7) is 6.36. The maximum absolute atomic E-state index is 11.9. The molecule has 7 heteroatoms. The van der Waals surface area contributed by atoms with Crippen molar-refractivity contribution in [3.05, 3.63) is 0 Å². The van der Waals surface area contributed by atoms with E-state index in [1.165, 1.54) is 0 Å². The number of sulfonamides is 1. The lowest BCUT2D eigenvalue weighted by atomic mass is 10.3. The average molecular weight is 277 g/mol. The van der Waals surface area contributed by atoms with Crippen LogP contribution in [0.25, 0.3) is 0 Å². The van der Waals surface area contributed by atoms with Crippen LogP contribution in [0.5, 0.6) is 0 Å². The van der Waals surface area contributed by atoms with Gasteiger partial charge in [-0.1, -0.05) is 0 Å². The SMILES string of the molecule is O=S(=O)(NCCCN1CCOCC1)C1CCNC1. The summed E-state index contributed by atoms with van der Waals surface area (Å²) in [6.07, 6.45) is 1.58. The minimum absolute atomic E-state index is 0.249. The van der Waals surface area contributed by atoms with Crippen LogP contribution in [-0.4, -0.2) is 71.0 Å². The molecular formula is C11H23N3O3S. The number of ether oxygens (including phenoxy) is 1. The van der Waals surface area contributed by atoms with E-state index in [-0.39, 0.29) is 5.25 Å². The first-order valence-electron chi connectivity index (χ1n) is 6.68. The standard InChI is InChI=1S/C11H23N3O3S/c15-18(16,11-2-4-12-10-11)13-3-1-5-14-6-8-17-9-7-14/h11-13H,1-10H2. The Morgan fingerprint density at radius 3 is 2.78 bits per heavy atom. The molecule has 0 aromatic carbocycles. The van der Waals surface area contributed by atoms with E-state index in [9.17, 15) is 8.42 Å². The molecule has 106 valence electrons. The van der Waals surface area contributed by atoms with Crippen LogP contribution >= 0.6 is 0 Å². The molecule has 0 aromatic rings. The molecule has 0 radical (unpaired) electrons. The Morgan fingerprint density at radius 2 is 2.11 bits per heavy atom. The first-order chi connectivity index (χ1) is 8.68. The summed E-state index contributed by atoms with van der Waals surface area (Å²) in [4.78, 5) is 2.31. The molecule has 0 aliphatic carbocycles. The third kappa shape index (κ3) is 4.17. The Balaban J connectivity index is 1.62. The van der Waals surface area contributed by atoms with Crippen molar-refractivity contribution < 1.29 is 13.2 Å². The lowest BCUT2D eigenvalue weighted by molar-refractivity contribution is 0.0376. The van der Waals surface area contributed by atoms with Crippen molar-refractivity contribution in [3.63, 3.8) is 0 Å². The van der Waals surface area contributed by atoms with Gasteiger partial charge in [0.25, 0.3) is 0 Å². The third-order valence-electron chi connectivity index (χ3n) is 3.51. The van der Waals surface area contributed by atoms with Gasteiger partial charge in [0.1, 0.15) is 0 Å². The summed E-state index contributed by atoms with van der Waals surface area (Å²) < 4.78 is 31.8. The zero-order valence-corrected chi connectivity index (χ0v) is 11.5. The van der Waals surface area contributed by atoms with E-state index in [4.69, 9.17) is 4.74 Å². The second kappa shape index (κ2) is 6.81. The summed E-state index contributed by atoms with van der Waals surface area (Å²) in [5, 5.41) is 2.83. The highest BCUT2D eigenvalue weighted by atomic mass is 32.2. The van der Waals surface area contributed by atoms with Gasteiger partial charge in [-0.15, -0.1) is 0 Å². The van der Waals surface area contributed by atoms with Gasteiger partial charge in [0.15, 0.2) is 0 Å². The number of rotatable bonds is 6. The molecule has 2 aliphatic rings. The molecule has 0 aromatic heterocycles. The van der Waals surface area contributed by atoms with Gasteiger partial charge in [0.05, 0.1) is 18.5 Å². The summed E-state index contributed by atoms with van der Waals surface area (Å²) in [5.41, 5.74) is 0. The second-order valence-electron chi connectivity index (χ2n) is 4.86. The molecule has 0 saturated carbocycles.